The summed E-state index contributed by atoms with van der Waals surface area (Å²) in [5.41, 5.74) is 8.12. The number of amides is 2. The number of benzene rings is 2. The molecule has 0 bridgehead atoms. The van der Waals surface area contributed by atoms with Gasteiger partial charge in [0.2, 0.25) is 17.8 Å². The molecule has 0 fully saturated rings. The van der Waals surface area contributed by atoms with Crippen LogP contribution in [0, 0.1) is 6.92 Å². The summed E-state index contributed by atoms with van der Waals surface area (Å²) in [4.78, 5) is 32.5. The van der Waals surface area contributed by atoms with E-state index in [0.717, 1.165) is 11.3 Å². The average molecular weight is 433 g/mol. The summed E-state index contributed by atoms with van der Waals surface area (Å²) in [6, 6.07) is 11.3. The van der Waals surface area contributed by atoms with Crippen LogP contribution < -0.4 is 21.7 Å². The molecule has 0 saturated carbocycles. The molecule has 1 unspecified atom stereocenters. The molecule has 0 radical (unpaired) electrons. The Labute approximate surface area is 177 Å². The van der Waals surface area contributed by atoms with Gasteiger partial charge in [0.05, 0.1) is 16.5 Å². The summed E-state index contributed by atoms with van der Waals surface area (Å²) in [6.45, 7) is 1.92. The fourth-order valence-corrected chi connectivity index (χ4v) is 2.88. The highest BCUT2D eigenvalue weighted by Gasteiger charge is 2.28. The molecule has 10 heteroatoms. The Bertz CT molecular complexity index is 1020. The second-order valence-corrected chi connectivity index (χ2v) is 7.09. The first-order valence-corrected chi connectivity index (χ1v) is 9.38. The molecule has 3 rings (SSSR count). The predicted octanol–water partition coefficient (Wildman–Crippen LogP) is 2.91. The normalized spacial score (nSPS) is 16.2. The molecule has 2 aromatic rings. The Morgan fingerprint density at radius 2 is 1.97 bits per heavy atom. The van der Waals surface area contributed by atoms with Crippen molar-refractivity contribution in [2.24, 2.45) is 15.7 Å². The fraction of sp³-hybridized carbons (Fsp3) is 0.158. The maximum Gasteiger partial charge on any atom is 0.252 e. The molecule has 2 amide bonds. The number of rotatable bonds is 4. The Morgan fingerprint density at radius 3 is 2.69 bits per heavy atom. The number of aryl methyl sites for hydroxylation is 1. The summed E-state index contributed by atoms with van der Waals surface area (Å²) in [5, 5.41) is 8.79. The third kappa shape index (κ3) is 5.46. The first-order valence-electron chi connectivity index (χ1n) is 8.62. The summed E-state index contributed by atoms with van der Waals surface area (Å²) in [5.74, 6) is -0.722. The third-order valence-electron chi connectivity index (χ3n) is 4.03. The zero-order valence-electron chi connectivity index (χ0n) is 15.4. The predicted molar refractivity (Wildman–Crippen MR) is 115 cm³/mol. The molecule has 0 saturated heterocycles. The molecule has 8 nitrogen and oxygen atoms in total. The van der Waals surface area contributed by atoms with E-state index in [1.54, 1.807) is 12.1 Å². The van der Waals surface area contributed by atoms with E-state index in [4.69, 9.17) is 28.9 Å². The van der Waals surface area contributed by atoms with E-state index in [1.807, 2.05) is 31.2 Å². The number of hydrogen-bond acceptors (Lipinski definition) is 4. The topological polar surface area (TPSA) is 121 Å². The Hall–Kier alpha value is -3.10. The Balaban J connectivity index is 1.62. The van der Waals surface area contributed by atoms with Crippen molar-refractivity contribution in [2.45, 2.75) is 19.4 Å². The van der Waals surface area contributed by atoms with Crippen LogP contribution in [0.5, 0.6) is 0 Å². The molecule has 150 valence electrons. The van der Waals surface area contributed by atoms with E-state index >= 15 is 0 Å². The lowest BCUT2D eigenvalue weighted by Crippen LogP contribution is -2.32. The van der Waals surface area contributed by atoms with Crippen molar-refractivity contribution in [3.8, 4) is 0 Å². The fourth-order valence-electron chi connectivity index (χ4n) is 2.58. The van der Waals surface area contributed by atoms with Crippen molar-refractivity contribution in [3.05, 3.63) is 58.1 Å². The van der Waals surface area contributed by atoms with Crippen LogP contribution in [-0.4, -0.2) is 29.8 Å². The number of carbonyl (C=O) groups is 2. The van der Waals surface area contributed by atoms with Gasteiger partial charge >= 0.3 is 0 Å². The molecule has 1 atom stereocenters. The molecule has 2 aromatic carbocycles. The number of nitrogens with two attached hydrogens (primary N) is 1. The van der Waals surface area contributed by atoms with Gasteiger partial charge in [-0.25, -0.2) is 4.99 Å². The monoisotopic (exact) mass is 432 g/mol. The van der Waals surface area contributed by atoms with E-state index in [9.17, 15) is 9.59 Å². The number of nitrogens with one attached hydrogen (secondary N) is 3. The highest BCUT2D eigenvalue weighted by Crippen LogP contribution is 2.25. The van der Waals surface area contributed by atoms with Crippen LogP contribution in [0.25, 0.3) is 0 Å². The molecule has 0 aliphatic carbocycles. The molecule has 5 N–H and O–H groups in total. The van der Waals surface area contributed by atoms with E-state index < -0.39 is 17.9 Å². The number of halogens is 2. The molecular formula is C19H18Cl2N6O2. The van der Waals surface area contributed by atoms with Gasteiger partial charge in [0.1, 0.15) is 6.04 Å². The third-order valence-corrected chi connectivity index (χ3v) is 4.77. The van der Waals surface area contributed by atoms with Crippen LogP contribution in [0.4, 0.5) is 11.4 Å². The number of hydrogen-bond donors (Lipinski definition) is 4. The van der Waals surface area contributed by atoms with Crippen LogP contribution in [0.2, 0.25) is 10.0 Å². The summed E-state index contributed by atoms with van der Waals surface area (Å²) >= 11 is 11.8. The van der Waals surface area contributed by atoms with Crippen molar-refractivity contribution in [2.75, 3.05) is 10.6 Å². The van der Waals surface area contributed by atoms with Crippen LogP contribution >= 0.6 is 23.2 Å². The second kappa shape index (κ2) is 8.93. The second-order valence-electron chi connectivity index (χ2n) is 6.28. The van der Waals surface area contributed by atoms with Gasteiger partial charge in [0.25, 0.3) is 5.91 Å². The van der Waals surface area contributed by atoms with Crippen molar-refractivity contribution in [1.82, 2.24) is 5.32 Å². The minimum atomic E-state index is -0.900. The minimum Gasteiger partial charge on any atom is -0.369 e. The molecule has 0 spiro atoms. The highest BCUT2D eigenvalue weighted by molar-refractivity contribution is 6.42. The van der Waals surface area contributed by atoms with Gasteiger partial charge in [-0.15, -0.1) is 0 Å². The van der Waals surface area contributed by atoms with Gasteiger partial charge in [-0.05, 0) is 36.8 Å². The minimum absolute atomic E-state index is 0.0425. The quantitative estimate of drug-likeness (QED) is 0.438. The van der Waals surface area contributed by atoms with Gasteiger partial charge in [-0.2, -0.15) is 4.99 Å². The number of para-hydroxylation sites is 1. The number of aliphatic imine (C=N–C) groups is 2. The summed E-state index contributed by atoms with van der Waals surface area (Å²) in [6.07, 6.45) is -0.157. The van der Waals surface area contributed by atoms with Crippen LogP contribution in [0.1, 0.15) is 12.0 Å². The van der Waals surface area contributed by atoms with Gasteiger partial charge in [0.15, 0.2) is 0 Å². The number of nitrogens with zero attached hydrogens (tertiary/aromatic N) is 2. The summed E-state index contributed by atoms with van der Waals surface area (Å²) < 4.78 is 0. The van der Waals surface area contributed by atoms with Gasteiger partial charge < -0.3 is 16.4 Å². The first kappa shape index (κ1) is 20.6. The molecular weight excluding hydrogens is 415 g/mol. The van der Waals surface area contributed by atoms with Crippen LogP contribution in [0.15, 0.2) is 52.4 Å². The highest BCUT2D eigenvalue weighted by atomic mass is 35.5. The average Bonchev–Trinajstić information content (AvgIpc) is 2.98. The Morgan fingerprint density at radius 1 is 1.21 bits per heavy atom. The van der Waals surface area contributed by atoms with Crippen molar-refractivity contribution in [1.29, 1.82) is 0 Å². The van der Waals surface area contributed by atoms with Gasteiger partial charge in [0, 0.05) is 11.4 Å². The van der Waals surface area contributed by atoms with E-state index in [0.29, 0.717) is 15.7 Å². The standard InChI is InChI=1S/C19H18Cl2N6O2/c1-10-4-2-3-5-14(10)24-18(22)27-19-25-15(17(29)26-19)9-16(28)23-11-6-7-12(20)13(21)8-11/h2-8,15H,9H2,1H3,(H,23,28)(H4,22,24,25,26,27,29). The lowest BCUT2D eigenvalue weighted by molar-refractivity contribution is -0.123. The number of guanidine groups is 2. The molecule has 1 aliphatic heterocycles. The van der Waals surface area contributed by atoms with Crippen LogP contribution in [-0.2, 0) is 9.59 Å². The van der Waals surface area contributed by atoms with Gasteiger partial charge in [-0.1, -0.05) is 41.4 Å². The van der Waals surface area contributed by atoms with E-state index in [1.165, 1.54) is 6.07 Å². The number of carbonyl (C=O) groups excluding carboxylic acids is 2. The van der Waals surface area contributed by atoms with Gasteiger partial charge in [-0.3, -0.25) is 14.9 Å². The largest absolute Gasteiger partial charge is 0.369 e. The summed E-state index contributed by atoms with van der Waals surface area (Å²) in [7, 11) is 0. The number of anilines is 2. The van der Waals surface area contributed by atoms with E-state index in [2.05, 4.69) is 25.9 Å². The maximum absolute atomic E-state index is 12.2. The van der Waals surface area contributed by atoms with Crippen molar-refractivity contribution >= 4 is 58.3 Å². The van der Waals surface area contributed by atoms with E-state index in [-0.39, 0.29) is 18.3 Å². The first-order chi connectivity index (χ1) is 13.8. The van der Waals surface area contributed by atoms with Crippen LogP contribution in [0.3, 0.4) is 0 Å². The maximum atomic E-state index is 12.2. The van der Waals surface area contributed by atoms with Crippen molar-refractivity contribution in [3.63, 3.8) is 0 Å². The molecule has 1 aliphatic rings. The lowest BCUT2D eigenvalue weighted by atomic mass is 10.2. The zero-order valence-corrected chi connectivity index (χ0v) is 16.9. The Kier molecular flexibility index (Phi) is 6.36. The lowest BCUT2D eigenvalue weighted by Gasteiger charge is -2.07. The SMILES string of the molecule is Cc1ccccc1N/C(N)=N/C1=NC(CC(=O)Nc2ccc(Cl)c(Cl)c2)C(=O)N1. The smallest absolute Gasteiger partial charge is 0.252 e. The zero-order chi connectivity index (χ0) is 21.0. The van der Waals surface area contributed by atoms with Crippen molar-refractivity contribution < 1.29 is 9.59 Å². The molecule has 1 heterocycles. The molecule has 0 aromatic heterocycles. The molecule has 29 heavy (non-hydrogen) atoms.